The molecule has 0 saturated heterocycles. The average molecular weight is 463 g/mol. The summed E-state index contributed by atoms with van der Waals surface area (Å²) in [6.07, 6.45) is -0.357. The molecule has 0 radical (unpaired) electrons. The molecule has 0 aliphatic heterocycles. The third kappa shape index (κ3) is 5.18. The number of carboxylic acid groups (broad SMARTS) is 1. The lowest BCUT2D eigenvalue weighted by Gasteiger charge is -2.20. The molecule has 1 aromatic heterocycles. The highest BCUT2D eigenvalue weighted by Gasteiger charge is 2.19. The number of rotatable bonds is 7. The van der Waals surface area contributed by atoms with Gasteiger partial charge in [-0.2, -0.15) is 0 Å². The summed E-state index contributed by atoms with van der Waals surface area (Å²) in [5.41, 5.74) is 0.836. The highest BCUT2D eigenvalue weighted by atomic mass is 35.5. The maximum absolute atomic E-state index is 12.5. The number of ether oxygens (including phenoxy) is 1. The van der Waals surface area contributed by atoms with E-state index in [1.54, 1.807) is 37.3 Å². The Balaban J connectivity index is 1.83. The van der Waals surface area contributed by atoms with Gasteiger partial charge in [0.15, 0.2) is 0 Å². The van der Waals surface area contributed by atoms with Crippen molar-refractivity contribution in [2.75, 3.05) is 7.11 Å². The van der Waals surface area contributed by atoms with Gasteiger partial charge >= 0.3 is 5.63 Å². The minimum atomic E-state index is -1.44. The summed E-state index contributed by atoms with van der Waals surface area (Å²) in [4.78, 5) is 36.5. The second-order valence-electron chi connectivity index (χ2n) is 6.92. The lowest BCUT2D eigenvalue weighted by Crippen LogP contribution is -2.49. The molecule has 31 heavy (non-hydrogen) atoms. The van der Waals surface area contributed by atoms with Gasteiger partial charge in [0, 0.05) is 16.5 Å². The molecular weight excluding hydrogens is 445 g/mol. The molecule has 162 valence electrons. The second-order valence-corrected chi connectivity index (χ2v) is 7.77. The summed E-state index contributed by atoms with van der Waals surface area (Å²) >= 11 is 12.0. The molecule has 1 N–H and O–H groups in total. The number of carbonyl (C=O) groups is 2. The number of carboxylic acids is 1. The molecule has 0 unspecified atom stereocenters. The van der Waals surface area contributed by atoms with Crippen LogP contribution in [0.15, 0.2) is 45.6 Å². The number of hydrogen-bond donors (Lipinski definition) is 1. The minimum absolute atomic E-state index is 0.00591. The molecule has 2 aromatic carbocycles. The molecule has 0 fully saturated rings. The lowest BCUT2D eigenvalue weighted by molar-refractivity contribution is -0.308. The minimum Gasteiger partial charge on any atom is -0.548 e. The van der Waals surface area contributed by atoms with Gasteiger partial charge in [-0.15, -0.1) is 0 Å². The first-order valence-corrected chi connectivity index (χ1v) is 9.99. The third-order valence-corrected chi connectivity index (χ3v) is 5.42. The zero-order valence-electron chi connectivity index (χ0n) is 16.7. The van der Waals surface area contributed by atoms with E-state index in [0.29, 0.717) is 32.3 Å². The van der Waals surface area contributed by atoms with Gasteiger partial charge in [0.25, 0.3) is 0 Å². The van der Waals surface area contributed by atoms with Crippen LogP contribution in [0.5, 0.6) is 5.75 Å². The molecule has 9 heteroatoms. The van der Waals surface area contributed by atoms with E-state index in [1.165, 1.54) is 13.2 Å². The van der Waals surface area contributed by atoms with E-state index in [9.17, 15) is 19.5 Å². The molecule has 0 spiro atoms. The zero-order chi connectivity index (χ0) is 22.7. The number of nitrogens with one attached hydrogen (secondary N) is 1. The smallest absolute Gasteiger partial charge is 0.340 e. The van der Waals surface area contributed by atoms with Gasteiger partial charge in [0.05, 0.1) is 36.1 Å². The molecule has 1 atom stereocenters. The summed E-state index contributed by atoms with van der Waals surface area (Å²) in [5, 5.41) is 15.3. The Morgan fingerprint density at radius 2 is 1.87 bits per heavy atom. The van der Waals surface area contributed by atoms with Crippen molar-refractivity contribution in [2.45, 2.75) is 25.8 Å². The SMILES string of the molecule is COc1cc2oc(=O)c(CC(=O)N[C@H](Cc3ccc(Cl)cc3)C(=O)[O-])c(C)c2cc1Cl. The molecule has 3 aromatic rings. The first-order valence-electron chi connectivity index (χ1n) is 9.24. The van der Waals surface area contributed by atoms with E-state index < -0.39 is 23.5 Å². The van der Waals surface area contributed by atoms with Crippen molar-refractivity contribution in [1.29, 1.82) is 0 Å². The molecule has 0 saturated carbocycles. The quantitative estimate of drug-likeness (QED) is 0.540. The van der Waals surface area contributed by atoms with Crippen LogP contribution in [0.4, 0.5) is 0 Å². The zero-order valence-corrected chi connectivity index (χ0v) is 18.2. The summed E-state index contributed by atoms with van der Waals surface area (Å²) in [5.74, 6) is -1.75. The Labute approximate surface area is 187 Å². The van der Waals surface area contributed by atoms with Crippen LogP contribution < -0.4 is 20.8 Å². The van der Waals surface area contributed by atoms with Crippen LogP contribution in [0, 0.1) is 6.92 Å². The van der Waals surface area contributed by atoms with Crippen LogP contribution in [-0.2, 0) is 22.4 Å². The highest BCUT2D eigenvalue weighted by molar-refractivity contribution is 6.32. The maximum Gasteiger partial charge on any atom is 0.340 e. The van der Waals surface area contributed by atoms with Crippen LogP contribution >= 0.6 is 23.2 Å². The number of halogens is 2. The Hall–Kier alpha value is -3.03. The molecule has 3 rings (SSSR count). The Morgan fingerprint density at radius 1 is 1.19 bits per heavy atom. The fourth-order valence-electron chi connectivity index (χ4n) is 3.21. The molecule has 7 nitrogen and oxygen atoms in total. The van der Waals surface area contributed by atoms with Crippen molar-refractivity contribution in [3.8, 4) is 5.75 Å². The van der Waals surface area contributed by atoms with Crippen LogP contribution in [0.2, 0.25) is 10.0 Å². The van der Waals surface area contributed by atoms with Crippen molar-refractivity contribution in [1.82, 2.24) is 5.32 Å². The van der Waals surface area contributed by atoms with Crippen molar-refractivity contribution in [3.05, 3.63) is 73.6 Å². The fraction of sp³-hybridized carbons (Fsp3) is 0.227. The standard InChI is InChI=1S/C22H19Cl2NO6/c1-11-14-8-16(24)19(30-2)10-18(14)31-22(29)15(11)9-20(26)25-17(21(27)28)7-12-3-5-13(23)6-4-12/h3-6,8,10,17H,7,9H2,1-2H3,(H,25,26)(H,27,28)/p-1/t17-/m1/s1. The van der Waals surface area contributed by atoms with E-state index in [4.69, 9.17) is 32.4 Å². The normalized spacial score (nSPS) is 11.9. The average Bonchev–Trinajstić information content (AvgIpc) is 2.72. The Bertz CT molecular complexity index is 1200. The lowest BCUT2D eigenvalue weighted by atomic mass is 10.0. The van der Waals surface area contributed by atoms with Crippen LogP contribution in [-0.4, -0.2) is 25.0 Å². The van der Waals surface area contributed by atoms with Gasteiger partial charge in [-0.25, -0.2) is 4.79 Å². The van der Waals surface area contributed by atoms with Crippen LogP contribution in [0.3, 0.4) is 0 Å². The van der Waals surface area contributed by atoms with E-state index in [1.807, 2.05) is 0 Å². The van der Waals surface area contributed by atoms with Crippen LogP contribution in [0.25, 0.3) is 11.0 Å². The first kappa shape index (κ1) is 22.7. The van der Waals surface area contributed by atoms with Gasteiger partial charge in [0.1, 0.15) is 11.3 Å². The van der Waals surface area contributed by atoms with Gasteiger partial charge in [-0.1, -0.05) is 35.3 Å². The maximum atomic E-state index is 12.5. The summed E-state index contributed by atoms with van der Waals surface area (Å²) in [6, 6.07) is 8.35. The second kappa shape index (κ2) is 9.41. The fourth-order valence-corrected chi connectivity index (χ4v) is 3.57. The van der Waals surface area contributed by atoms with Crippen molar-refractivity contribution >= 4 is 46.0 Å². The Kier molecular flexibility index (Phi) is 6.87. The van der Waals surface area contributed by atoms with Gasteiger partial charge < -0.3 is 24.4 Å². The topological polar surface area (TPSA) is 109 Å². The number of aliphatic carboxylic acids is 1. The van der Waals surface area contributed by atoms with Crippen molar-refractivity contribution in [2.24, 2.45) is 0 Å². The van der Waals surface area contributed by atoms with E-state index in [0.717, 1.165) is 0 Å². The first-order chi connectivity index (χ1) is 14.7. The van der Waals surface area contributed by atoms with Gasteiger partial charge in [-0.05, 0) is 42.7 Å². The molecule has 1 heterocycles. The molecule has 0 aliphatic carbocycles. The van der Waals surface area contributed by atoms with Crippen molar-refractivity contribution in [3.63, 3.8) is 0 Å². The predicted octanol–water partition coefficient (Wildman–Crippen LogP) is 2.44. The number of amides is 1. The van der Waals surface area contributed by atoms with Crippen LogP contribution in [0.1, 0.15) is 16.7 Å². The van der Waals surface area contributed by atoms with Gasteiger partial charge in [-0.3, -0.25) is 4.79 Å². The highest BCUT2D eigenvalue weighted by Crippen LogP contribution is 2.31. The number of aryl methyl sites for hydroxylation is 1. The van der Waals surface area contributed by atoms with E-state index in [2.05, 4.69) is 5.32 Å². The van der Waals surface area contributed by atoms with Crippen molar-refractivity contribution < 1.29 is 23.8 Å². The number of fused-ring (bicyclic) bond motifs is 1. The van der Waals surface area contributed by atoms with E-state index >= 15 is 0 Å². The monoisotopic (exact) mass is 462 g/mol. The predicted molar refractivity (Wildman–Crippen MR) is 115 cm³/mol. The van der Waals surface area contributed by atoms with Gasteiger partial charge in [0.2, 0.25) is 5.91 Å². The largest absolute Gasteiger partial charge is 0.548 e. The van der Waals surface area contributed by atoms with E-state index in [-0.39, 0.29) is 24.0 Å². The number of carbonyl (C=O) groups excluding carboxylic acids is 2. The molecule has 0 aliphatic rings. The third-order valence-electron chi connectivity index (χ3n) is 4.87. The summed E-state index contributed by atoms with van der Waals surface area (Å²) < 4.78 is 10.4. The Morgan fingerprint density at radius 3 is 2.48 bits per heavy atom. The summed E-state index contributed by atoms with van der Waals surface area (Å²) in [6.45, 7) is 1.66. The molecular formula is C22H18Cl2NO6-. The number of benzene rings is 2. The summed E-state index contributed by atoms with van der Waals surface area (Å²) in [7, 11) is 1.44. The molecule has 1 amide bonds. The number of methoxy groups -OCH3 is 1. The molecule has 0 bridgehead atoms. The number of hydrogen-bond acceptors (Lipinski definition) is 6.